The number of carbonyl (C=O) groups excluding carboxylic acids is 1. The Morgan fingerprint density at radius 2 is 1.89 bits per heavy atom. The topological polar surface area (TPSA) is 43.1 Å². The molecule has 0 saturated heterocycles. The van der Waals surface area contributed by atoms with Crippen molar-refractivity contribution in [1.82, 2.24) is 0 Å². The molecule has 98 valence electrons. The lowest BCUT2D eigenvalue weighted by molar-refractivity contribution is 0.0993. The van der Waals surface area contributed by atoms with E-state index in [0.717, 1.165) is 10.0 Å². The minimum Gasteiger partial charge on any atom is -0.399 e. The molecule has 0 heterocycles. The molecule has 0 aromatic heterocycles. The summed E-state index contributed by atoms with van der Waals surface area (Å²) in [5.74, 6) is -0.408. The maximum absolute atomic E-state index is 13.1. The van der Waals surface area contributed by atoms with E-state index >= 15 is 0 Å². The molecule has 0 aliphatic heterocycles. The van der Waals surface area contributed by atoms with Gasteiger partial charge in [-0.3, -0.25) is 4.79 Å². The fourth-order valence-corrected chi connectivity index (χ4v) is 2.65. The second-order valence-electron chi connectivity index (χ2n) is 4.12. The Morgan fingerprint density at radius 3 is 2.53 bits per heavy atom. The van der Waals surface area contributed by atoms with Crippen molar-refractivity contribution < 1.29 is 9.18 Å². The van der Waals surface area contributed by atoms with Crippen LogP contribution < -0.4 is 5.73 Å². The molecule has 0 atom stereocenters. The van der Waals surface area contributed by atoms with Crippen molar-refractivity contribution in [2.45, 2.75) is 6.42 Å². The van der Waals surface area contributed by atoms with E-state index in [-0.39, 0.29) is 18.0 Å². The summed E-state index contributed by atoms with van der Waals surface area (Å²) >= 11 is 6.40. The SMILES string of the molecule is Nc1cc(Br)cc(C(=O)Cc2ccc(F)c(Br)c2)c1. The highest BCUT2D eigenvalue weighted by Gasteiger charge is 2.10. The van der Waals surface area contributed by atoms with Gasteiger partial charge in [0, 0.05) is 22.1 Å². The second-order valence-corrected chi connectivity index (χ2v) is 5.89. The lowest BCUT2D eigenvalue weighted by Crippen LogP contribution is -2.04. The third-order valence-corrected chi connectivity index (χ3v) is 3.66. The molecule has 0 amide bonds. The molecule has 0 spiro atoms. The van der Waals surface area contributed by atoms with Crippen molar-refractivity contribution in [2.24, 2.45) is 0 Å². The van der Waals surface area contributed by atoms with Crippen LogP contribution in [0.4, 0.5) is 10.1 Å². The first kappa shape index (κ1) is 14.2. The van der Waals surface area contributed by atoms with Gasteiger partial charge >= 0.3 is 0 Å². The number of Topliss-reactive ketones (excluding diaryl/α,β-unsaturated/α-hetero) is 1. The summed E-state index contributed by atoms with van der Waals surface area (Å²) in [6.07, 6.45) is 0.203. The third kappa shape index (κ3) is 3.64. The van der Waals surface area contributed by atoms with E-state index in [1.165, 1.54) is 6.07 Å². The van der Waals surface area contributed by atoms with Crippen LogP contribution in [-0.4, -0.2) is 5.78 Å². The van der Waals surface area contributed by atoms with Gasteiger partial charge in [0.25, 0.3) is 0 Å². The van der Waals surface area contributed by atoms with Crippen LogP contribution >= 0.6 is 31.9 Å². The average molecular weight is 387 g/mol. The predicted molar refractivity (Wildman–Crippen MR) is 80.7 cm³/mol. The summed E-state index contributed by atoms with van der Waals surface area (Å²) < 4.78 is 14.2. The maximum Gasteiger partial charge on any atom is 0.167 e. The van der Waals surface area contributed by atoms with Crippen molar-refractivity contribution in [3.63, 3.8) is 0 Å². The van der Waals surface area contributed by atoms with Crippen LogP contribution in [0.15, 0.2) is 45.3 Å². The van der Waals surface area contributed by atoms with E-state index < -0.39 is 0 Å². The van der Waals surface area contributed by atoms with Crippen molar-refractivity contribution in [1.29, 1.82) is 0 Å². The number of carbonyl (C=O) groups is 1. The Kier molecular flexibility index (Phi) is 4.37. The molecule has 0 saturated carbocycles. The van der Waals surface area contributed by atoms with Crippen molar-refractivity contribution >= 4 is 43.3 Å². The number of rotatable bonds is 3. The lowest BCUT2D eigenvalue weighted by atomic mass is 10.0. The number of halogens is 3. The molecule has 0 radical (unpaired) electrons. The lowest BCUT2D eigenvalue weighted by Gasteiger charge is -2.05. The Bertz CT molecular complexity index is 623. The highest BCUT2D eigenvalue weighted by Crippen LogP contribution is 2.21. The number of nitrogen functional groups attached to an aromatic ring is 1. The minimum atomic E-state index is -0.345. The van der Waals surface area contributed by atoms with Crippen LogP contribution in [0.3, 0.4) is 0 Å². The summed E-state index contributed by atoms with van der Waals surface area (Å²) in [5, 5.41) is 0. The number of anilines is 1. The van der Waals surface area contributed by atoms with E-state index in [1.54, 1.807) is 30.3 Å². The molecule has 0 aliphatic carbocycles. The molecule has 0 unspecified atom stereocenters. The second kappa shape index (κ2) is 5.84. The van der Waals surface area contributed by atoms with Gasteiger partial charge in [0.1, 0.15) is 5.82 Å². The van der Waals surface area contributed by atoms with Crippen LogP contribution in [0.1, 0.15) is 15.9 Å². The van der Waals surface area contributed by atoms with Gasteiger partial charge in [0.05, 0.1) is 4.47 Å². The first-order chi connectivity index (χ1) is 8.95. The van der Waals surface area contributed by atoms with Crippen molar-refractivity contribution in [2.75, 3.05) is 5.73 Å². The molecule has 19 heavy (non-hydrogen) atoms. The van der Waals surface area contributed by atoms with Gasteiger partial charge < -0.3 is 5.73 Å². The zero-order chi connectivity index (χ0) is 14.0. The summed E-state index contributed by atoms with van der Waals surface area (Å²) in [4.78, 5) is 12.1. The Morgan fingerprint density at radius 1 is 1.16 bits per heavy atom. The van der Waals surface area contributed by atoms with E-state index in [4.69, 9.17) is 5.73 Å². The van der Waals surface area contributed by atoms with Crippen molar-refractivity contribution in [3.05, 3.63) is 62.3 Å². The number of nitrogens with two attached hydrogens (primary N) is 1. The van der Waals surface area contributed by atoms with Crippen molar-refractivity contribution in [3.8, 4) is 0 Å². The molecular weight excluding hydrogens is 377 g/mol. The largest absolute Gasteiger partial charge is 0.399 e. The first-order valence-electron chi connectivity index (χ1n) is 5.49. The fourth-order valence-electron chi connectivity index (χ4n) is 1.71. The van der Waals surface area contributed by atoms with Gasteiger partial charge in [-0.2, -0.15) is 0 Å². The quantitative estimate of drug-likeness (QED) is 0.629. The number of hydrogen-bond donors (Lipinski definition) is 1. The standard InChI is InChI=1S/C14H10Br2FNO/c15-10-5-9(6-11(18)7-10)14(19)4-8-1-2-13(17)12(16)3-8/h1-3,5-7H,4,18H2. The van der Waals surface area contributed by atoms with Crippen LogP contribution in [0.2, 0.25) is 0 Å². The monoisotopic (exact) mass is 385 g/mol. The molecule has 0 aliphatic rings. The summed E-state index contributed by atoms with van der Waals surface area (Å²) in [6, 6.07) is 9.62. The van der Waals surface area contributed by atoms with E-state index in [0.29, 0.717) is 15.7 Å². The summed E-state index contributed by atoms with van der Waals surface area (Å²) in [5.41, 5.74) is 7.50. The van der Waals surface area contributed by atoms with Gasteiger partial charge in [-0.1, -0.05) is 22.0 Å². The summed E-state index contributed by atoms with van der Waals surface area (Å²) in [7, 11) is 0. The highest BCUT2D eigenvalue weighted by molar-refractivity contribution is 9.10. The van der Waals surface area contributed by atoms with E-state index in [1.807, 2.05) is 0 Å². The molecule has 2 aromatic carbocycles. The molecule has 2 nitrogen and oxygen atoms in total. The Labute approximate surface area is 127 Å². The fraction of sp³-hybridized carbons (Fsp3) is 0.0714. The smallest absolute Gasteiger partial charge is 0.167 e. The van der Waals surface area contributed by atoms with Gasteiger partial charge in [0.15, 0.2) is 5.78 Å². The Balaban J connectivity index is 2.22. The first-order valence-corrected chi connectivity index (χ1v) is 7.07. The summed E-state index contributed by atoms with van der Waals surface area (Å²) in [6.45, 7) is 0. The minimum absolute atomic E-state index is 0.0634. The molecule has 0 fully saturated rings. The number of hydrogen-bond acceptors (Lipinski definition) is 2. The van der Waals surface area contributed by atoms with Crippen LogP contribution in [-0.2, 0) is 6.42 Å². The molecule has 0 bridgehead atoms. The van der Waals surface area contributed by atoms with Gasteiger partial charge in [-0.05, 0) is 51.8 Å². The normalized spacial score (nSPS) is 10.5. The molecule has 2 rings (SSSR count). The third-order valence-electron chi connectivity index (χ3n) is 2.59. The maximum atomic E-state index is 13.1. The number of benzene rings is 2. The zero-order valence-electron chi connectivity index (χ0n) is 9.79. The predicted octanol–water partition coefficient (Wildman–Crippen LogP) is 4.36. The van der Waals surface area contributed by atoms with E-state index in [2.05, 4.69) is 31.9 Å². The van der Waals surface area contributed by atoms with Crippen LogP contribution in [0.5, 0.6) is 0 Å². The van der Waals surface area contributed by atoms with E-state index in [9.17, 15) is 9.18 Å². The number of ketones is 1. The van der Waals surface area contributed by atoms with Crippen LogP contribution in [0.25, 0.3) is 0 Å². The Hall–Kier alpha value is -1.20. The van der Waals surface area contributed by atoms with Gasteiger partial charge in [0.2, 0.25) is 0 Å². The molecule has 2 aromatic rings. The average Bonchev–Trinajstić information content (AvgIpc) is 2.32. The molecule has 2 N–H and O–H groups in total. The van der Waals surface area contributed by atoms with Gasteiger partial charge in [-0.15, -0.1) is 0 Å². The zero-order valence-corrected chi connectivity index (χ0v) is 13.0. The molecule has 5 heteroatoms. The molecular formula is C14H10Br2FNO. The highest BCUT2D eigenvalue weighted by atomic mass is 79.9. The van der Waals surface area contributed by atoms with Gasteiger partial charge in [-0.25, -0.2) is 4.39 Å². The van der Waals surface area contributed by atoms with Crippen LogP contribution in [0, 0.1) is 5.82 Å².